The van der Waals surface area contributed by atoms with Gasteiger partial charge in [0.25, 0.3) is 5.91 Å². The van der Waals surface area contributed by atoms with Crippen molar-refractivity contribution in [1.82, 2.24) is 4.90 Å². The van der Waals surface area contributed by atoms with Crippen LogP contribution in [-0.4, -0.2) is 21.7 Å². The topological polar surface area (TPSA) is 20.3 Å². The Morgan fingerprint density at radius 2 is 2.09 bits per heavy atom. The molecule has 1 saturated heterocycles. The van der Waals surface area contributed by atoms with Crippen molar-refractivity contribution < 1.29 is 9.18 Å². The first-order valence-corrected chi connectivity index (χ1v) is 9.29. The molecule has 1 aliphatic rings. The molecule has 1 unspecified atom stereocenters. The minimum Gasteiger partial charge on any atom is -0.293 e. The highest BCUT2D eigenvalue weighted by Crippen LogP contribution is 2.34. The Kier molecular flexibility index (Phi) is 6.78. The predicted molar refractivity (Wildman–Crippen MR) is 99.6 cm³/mol. The van der Waals surface area contributed by atoms with E-state index in [9.17, 15) is 9.18 Å². The lowest BCUT2D eigenvalue weighted by molar-refractivity contribution is -0.122. The average Bonchev–Trinajstić information content (AvgIpc) is 2.80. The van der Waals surface area contributed by atoms with Crippen molar-refractivity contribution in [3.05, 3.63) is 40.6 Å². The lowest BCUT2D eigenvalue weighted by Gasteiger charge is -2.21. The van der Waals surface area contributed by atoms with E-state index in [0.29, 0.717) is 27.3 Å². The Morgan fingerprint density at radius 3 is 2.74 bits per heavy atom. The molecule has 1 amide bonds. The number of thioether (sulfide) groups is 1. The van der Waals surface area contributed by atoms with E-state index in [-0.39, 0.29) is 11.7 Å². The maximum Gasteiger partial charge on any atom is 0.266 e. The van der Waals surface area contributed by atoms with Crippen molar-refractivity contribution in [2.45, 2.75) is 39.5 Å². The summed E-state index contributed by atoms with van der Waals surface area (Å²) in [5.41, 5.74) is 0.422. The van der Waals surface area contributed by atoms with Crippen molar-refractivity contribution in [2.75, 3.05) is 6.54 Å². The fourth-order valence-corrected chi connectivity index (χ4v) is 3.83. The molecule has 0 radical (unpaired) electrons. The molecule has 0 bridgehead atoms. The van der Waals surface area contributed by atoms with E-state index < -0.39 is 0 Å². The van der Waals surface area contributed by atoms with Crippen LogP contribution in [0, 0.1) is 11.7 Å². The first kappa shape index (κ1) is 18.1. The van der Waals surface area contributed by atoms with Gasteiger partial charge in [-0.05, 0) is 24.5 Å². The zero-order chi connectivity index (χ0) is 16.8. The maximum atomic E-state index is 13.8. The van der Waals surface area contributed by atoms with Crippen molar-refractivity contribution in [1.29, 1.82) is 0 Å². The highest BCUT2D eigenvalue weighted by Gasteiger charge is 2.33. The summed E-state index contributed by atoms with van der Waals surface area (Å²) in [6.45, 7) is 4.98. The zero-order valence-electron chi connectivity index (χ0n) is 13.5. The van der Waals surface area contributed by atoms with E-state index in [2.05, 4.69) is 13.8 Å². The standard InChI is InChI=1S/C18H22FNOS2/c1-3-5-8-13(4-2)12-20-17(21)16(23-18(20)22)11-14-9-6-7-10-15(14)19/h6-7,9-11,13H,3-5,8,12H2,1-2H3. The fraction of sp³-hybridized carbons (Fsp3) is 0.444. The third kappa shape index (κ3) is 4.64. The molecule has 1 aromatic carbocycles. The van der Waals surface area contributed by atoms with E-state index in [1.54, 1.807) is 29.2 Å². The van der Waals surface area contributed by atoms with E-state index in [1.165, 1.54) is 24.2 Å². The number of unbranched alkanes of at least 4 members (excludes halogenated alkanes) is 1. The number of amides is 1. The van der Waals surface area contributed by atoms with Crippen LogP contribution in [0.15, 0.2) is 29.2 Å². The van der Waals surface area contributed by atoms with Crippen LogP contribution in [0.5, 0.6) is 0 Å². The minimum atomic E-state index is -0.327. The molecule has 1 heterocycles. The highest BCUT2D eigenvalue weighted by molar-refractivity contribution is 8.26. The van der Waals surface area contributed by atoms with Crippen LogP contribution >= 0.6 is 24.0 Å². The van der Waals surface area contributed by atoms with Gasteiger partial charge in [-0.3, -0.25) is 9.69 Å². The third-order valence-electron chi connectivity index (χ3n) is 4.05. The molecular weight excluding hydrogens is 329 g/mol. The zero-order valence-corrected chi connectivity index (χ0v) is 15.2. The molecule has 0 aliphatic carbocycles. The highest BCUT2D eigenvalue weighted by atomic mass is 32.2. The molecule has 124 valence electrons. The van der Waals surface area contributed by atoms with Gasteiger partial charge in [-0.15, -0.1) is 0 Å². The second-order valence-electron chi connectivity index (χ2n) is 5.73. The number of benzene rings is 1. The van der Waals surface area contributed by atoms with Gasteiger partial charge in [-0.2, -0.15) is 0 Å². The number of carbonyl (C=O) groups is 1. The Labute approximate surface area is 147 Å². The van der Waals surface area contributed by atoms with Crippen LogP contribution in [0.25, 0.3) is 6.08 Å². The van der Waals surface area contributed by atoms with Crippen LogP contribution in [-0.2, 0) is 4.79 Å². The fourth-order valence-electron chi connectivity index (χ4n) is 2.57. The normalized spacial score (nSPS) is 18.0. The van der Waals surface area contributed by atoms with Gasteiger partial charge in [0.2, 0.25) is 0 Å². The number of halogens is 1. The molecule has 23 heavy (non-hydrogen) atoms. The van der Waals surface area contributed by atoms with Gasteiger partial charge in [0.15, 0.2) is 0 Å². The van der Waals surface area contributed by atoms with E-state index in [1.807, 2.05) is 0 Å². The van der Waals surface area contributed by atoms with Gasteiger partial charge in [0.05, 0.1) is 4.91 Å². The molecule has 1 aromatic rings. The lowest BCUT2D eigenvalue weighted by atomic mass is 9.99. The molecule has 0 N–H and O–H groups in total. The smallest absolute Gasteiger partial charge is 0.266 e. The molecule has 5 heteroatoms. The molecule has 1 atom stereocenters. The molecule has 0 saturated carbocycles. The minimum absolute atomic E-state index is 0.0989. The van der Waals surface area contributed by atoms with Gasteiger partial charge in [0.1, 0.15) is 10.1 Å². The molecule has 2 rings (SSSR count). The molecule has 0 aromatic heterocycles. The van der Waals surface area contributed by atoms with Gasteiger partial charge < -0.3 is 0 Å². The lowest BCUT2D eigenvalue weighted by Crippen LogP contribution is -2.33. The van der Waals surface area contributed by atoms with E-state index in [0.717, 1.165) is 19.3 Å². The molecule has 1 fully saturated rings. The monoisotopic (exact) mass is 351 g/mol. The van der Waals surface area contributed by atoms with Crippen molar-refractivity contribution in [2.24, 2.45) is 5.92 Å². The van der Waals surface area contributed by atoms with Crippen LogP contribution in [0.4, 0.5) is 4.39 Å². The second kappa shape index (κ2) is 8.60. The largest absolute Gasteiger partial charge is 0.293 e. The summed E-state index contributed by atoms with van der Waals surface area (Å²) in [6, 6.07) is 6.45. The predicted octanol–water partition coefficient (Wildman–Crippen LogP) is 5.24. The molecule has 2 nitrogen and oxygen atoms in total. The summed E-state index contributed by atoms with van der Waals surface area (Å²) in [6.07, 6.45) is 6.06. The van der Waals surface area contributed by atoms with Crippen LogP contribution < -0.4 is 0 Å². The number of thiocarbonyl (C=S) groups is 1. The molecule has 0 spiro atoms. The van der Waals surface area contributed by atoms with Gasteiger partial charge in [-0.1, -0.05) is 75.3 Å². The van der Waals surface area contributed by atoms with Gasteiger partial charge >= 0.3 is 0 Å². The van der Waals surface area contributed by atoms with E-state index in [4.69, 9.17) is 12.2 Å². The van der Waals surface area contributed by atoms with Crippen LogP contribution in [0.2, 0.25) is 0 Å². The number of nitrogens with zero attached hydrogens (tertiary/aromatic N) is 1. The van der Waals surface area contributed by atoms with Gasteiger partial charge in [0, 0.05) is 12.1 Å². The summed E-state index contributed by atoms with van der Waals surface area (Å²) in [5, 5.41) is 0. The summed E-state index contributed by atoms with van der Waals surface area (Å²) in [5.74, 6) is 0.0376. The van der Waals surface area contributed by atoms with Crippen molar-refractivity contribution in [3.8, 4) is 0 Å². The first-order valence-electron chi connectivity index (χ1n) is 8.06. The van der Waals surface area contributed by atoms with Gasteiger partial charge in [-0.25, -0.2) is 4.39 Å². The first-order chi connectivity index (χ1) is 11.1. The molecular formula is C18H22FNOS2. The van der Waals surface area contributed by atoms with Crippen molar-refractivity contribution >= 4 is 40.3 Å². The molecule has 1 aliphatic heterocycles. The number of hydrogen-bond acceptors (Lipinski definition) is 3. The average molecular weight is 352 g/mol. The second-order valence-corrected chi connectivity index (χ2v) is 7.41. The number of rotatable bonds is 7. The maximum absolute atomic E-state index is 13.8. The summed E-state index contributed by atoms with van der Waals surface area (Å²) in [4.78, 5) is 14.8. The summed E-state index contributed by atoms with van der Waals surface area (Å²) in [7, 11) is 0. The van der Waals surface area contributed by atoms with Crippen LogP contribution in [0.1, 0.15) is 45.1 Å². The van der Waals surface area contributed by atoms with Crippen LogP contribution in [0.3, 0.4) is 0 Å². The summed E-state index contributed by atoms with van der Waals surface area (Å²) >= 11 is 6.62. The Hall–Kier alpha value is -1.20. The summed E-state index contributed by atoms with van der Waals surface area (Å²) < 4.78 is 14.3. The number of hydrogen-bond donors (Lipinski definition) is 0. The number of carbonyl (C=O) groups excluding carboxylic acids is 1. The van der Waals surface area contributed by atoms with E-state index >= 15 is 0 Å². The van der Waals surface area contributed by atoms with Crippen molar-refractivity contribution in [3.63, 3.8) is 0 Å². The Morgan fingerprint density at radius 1 is 1.35 bits per heavy atom. The SMILES string of the molecule is CCCCC(CC)CN1C(=O)C(=Cc2ccccc2F)SC1=S. The Bertz CT molecular complexity index is 615. The quantitative estimate of drug-likeness (QED) is 0.495. The Balaban J connectivity index is 2.12. The third-order valence-corrected chi connectivity index (χ3v) is 5.43.